The number of sulfone groups is 1. The van der Waals surface area contributed by atoms with E-state index >= 15 is 0 Å². The molecule has 2 atom stereocenters. The predicted octanol–water partition coefficient (Wildman–Crippen LogP) is 3.31. The molecule has 0 aliphatic heterocycles. The number of aliphatic hydroxyl groups is 1. The van der Waals surface area contributed by atoms with E-state index in [2.05, 4.69) is 15.9 Å². The van der Waals surface area contributed by atoms with Crippen molar-refractivity contribution in [2.75, 3.05) is 5.75 Å². The molecule has 0 spiro atoms. The molecule has 0 amide bonds. The lowest BCUT2D eigenvalue weighted by Gasteiger charge is -2.31. The van der Waals surface area contributed by atoms with Gasteiger partial charge in [-0.2, -0.15) is 0 Å². The molecule has 0 aliphatic rings. The fourth-order valence-corrected chi connectivity index (χ4v) is 4.29. The monoisotopic (exact) mass is 354 g/mol. The Hall–Kier alpha value is -0.100. The van der Waals surface area contributed by atoms with Crippen LogP contribution in [0.5, 0.6) is 0 Å². The van der Waals surface area contributed by atoms with Crippen LogP contribution in [-0.4, -0.2) is 22.9 Å². The fourth-order valence-electron chi connectivity index (χ4n) is 1.75. The second-order valence-corrected chi connectivity index (χ2v) is 8.91. The lowest BCUT2D eigenvalue weighted by molar-refractivity contribution is 0.160. The van der Waals surface area contributed by atoms with Crippen molar-refractivity contribution in [1.29, 1.82) is 0 Å². The first-order chi connectivity index (χ1) is 8.28. The minimum atomic E-state index is -3.45. The van der Waals surface area contributed by atoms with Crippen molar-refractivity contribution < 1.29 is 13.5 Å². The van der Waals surface area contributed by atoms with Gasteiger partial charge in [0.25, 0.3) is 0 Å². The van der Waals surface area contributed by atoms with Crippen LogP contribution in [0.4, 0.5) is 0 Å². The van der Waals surface area contributed by atoms with E-state index in [-0.39, 0.29) is 12.2 Å². The molecule has 0 saturated heterocycles. The van der Waals surface area contributed by atoms with Crippen molar-refractivity contribution in [2.45, 2.75) is 30.0 Å². The summed E-state index contributed by atoms with van der Waals surface area (Å²) >= 11 is 9.07. The van der Waals surface area contributed by atoms with Crippen molar-refractivity contribution in [3.63, 3.8) is 0 Å². The maximum Gasteiger partial charge on any atom is 0.168 e. The molecule has 0 fully saturated rings. The van der Waals surface area contributed by atoms with Gasteiger partial charge in [-0.05, 0) is 24.1 Å². The average Bonchev–Trinajstić information content (AvgIpc) is 2.36. The smallest absolute Gasteiger partial charge is 0.168 e. The molecule has 0 aromatic heterocycles. The van der Waals surface area contributed by atoms with E-state index in [1.165, 1.54) is 0 Å². The van der Waals surface area contributed by atoms with Crippen LogP contribution in [0.15, 0.2) is 24.3 Å². The Kier molecular flexibility index (Phi) is 5.23. The van der Waals surface area contributed by atoms with Gasteiger partial charge in [0.05, 0.1) is 0 Å². The number of hydrogen-bond acceptors (Lipinski definition) is 3. The van der Waals surface area contributed by atoms with Gasteiger partial charge in [0.2, 0.25) is 0 Å². The first-order valence-electron chi connectivity index (χ1n) is 5.63. The molecule has 0 aliphatic carbocycles. The van der Waals surface area contributed by atoms with Crippen molar-refractivity contribution in [3.05, 3.63) is 34.9 Å². The van der Waals surface area contributed by atoms with Crippen LogP contribution in [0.3, 0.4) is 0 Å². The summed E-state index contributed by atoms with van der Waals surface area (Å²) in [7, 11) is -3.45. The summed E-state index contributed by atoms with van der Waals surface area (Å²) in [5.41, 5.74) is 0.484. The Bertz CT molecular complexity index is 518. The quantitative estimate of drug-likeness (QED) is 0.824. The van der Waals surface area contributed by atoms with E-state index < -0.39 is 19.6 Å². The van der Waals surface area contributed by atoms with Crippen LogP contribution < -0.4 is 0 Å². The van der Waals surface area contributed by atoms with E-state index in [1.807, 2.05) is 0 Å². The first-order valence-corrected chi connectivity index (χ1v) is 8.45. The van der Waals surface area contributed by atoms with E-state index in [1.54, 1.807) is 38.1 Å². The number of halogens is 2. The van der Waals surface area contributed by atoms with Crippen LogP contribution in [-0.2, 0) is 9.84 Å². The Morgan fingerprint density at radius 3 is 2.50 bits per heavy atom. The molecule has 0 bridgehead atoms. The van der Waals surface area contributed by atoms with Crippen LogP contribution in [0.25, 0.3) is 0 Å². The highest BCUT2D eigenvalue weighted by molar-refractivity contribution is 9.11. The summed E-state index contributed by atoms with van der Waals surface area (Å²) in [5.74, 6) is -0.0380. The van der Waals surface area contributed by atoms with Gasteiger partial charge in [-0.15, -0.1) is 0 Å². The molecule has 6 heteroatoms. The van der Waals surface area contributed by atoms with Crippen molar-refractivity contribution >= 4 is 37.4 Å². The third-order valence-electron chi connectivity index (χ3n) is 2.95. The molecule has 0 saturated carbocycles. The van der Waals surface area contributed by atoms with E-state index in [0.717, 1.165) is 0 Å². The number of benzene rings is 1. The molecule has 1 rings (SSSR count). The zero-order chi connectivity index (χ0) is 14.0. The SMILES string of the molecule is CC[C@@](Br)([C@H](O)c1cccc(Cl)c1)S(=O)(=O)CC. The minimum absolute atomic E-state index is 0.0380. The Morgan fingerprint density at radius 2 is 2.06 bits per heavy atom. The maximum absolute atomic E-state index is 12.1. The van der Waals surface area contributed by atoms with Crippen molar-refractivity contribution in [1.82, 2.24) is 0 Å². The summed E-state index contributed by atoms with van der Waals surface area (Å²) in [5, 5.41) is 10.8. The summed E-state index contributed by atoms with van der Waals surface area (Å²) in [6, 6.07) is 6.59. The summed E-state index contributed by atoms with van der Waals surface area (Å²) in [6.45, 7) is 3.28. The summed E-state index contributed by atoms with van der Waals surface area (Å²) in [4.78, 5) is 0. The molecular formula is C12H16BrClO3S. The van der Waals surface area contributed by atoms with Gasteiger partial charge >= 0.3 is 0 Å². The Morgan fingerprint density at radius 1 is 1.44 bits per heavy atom. The second-order valence-electron chi connectivity index (χ2n) is 4.00. The average molecular weight is 356 g/mol. The van der Waals surface area contributed by atoms with Gasteiger partial charge in [0, 0.05) is 10.8 Å². The van der Waals surface area contributed by atoms with Gasteiger partial charge in [0.15, 0.2) is 13.5 Å². The third-order valence-corrected chi connectivity index (χ3v) is 7.97. The molecule has 102 valence electrons. The third kappa shape index (κ3) is 2.90. The minimum Gasteiger partial charge on any atom is -0.386 e. The van der Waals surface area contributed by atoms with Gasteiger partial charge < -0.3 is 5.11 Å². The van der Waals surface area contributed by atoms with Gasteiger partial charge in [-0.1, -0.05) is 53.5 Å². The van der Waals surface area contributed by atoms with E-state index in [4.69, 9.17) is 11.6 Å². The molecule has 1 aromatic carbocycles. The molecule has 0 heterocycles. The van der Waals surface area contributed by atoms with Crippen molar-refractivity contribution in [3.8, 4) is 0 Å². The normalized spacial score (nSPS) is 17.2. The largest absolute Gasteiger partial charge is 0.386 e. The number of rotatable bonds is 5. The molecule has 3 nitrogen and oxygen atoms in total. The highest BCUT2D eigenvalue weighted by atomic mass is 79.9. The molecular weight excluding hydrogens is 340 g/mol. The lowest BCUT2D eigenvalue weighted by Crippen LogP contribution is -2.39. The molecule has 0 unspecified atom stereocenters. The number of aliphatic hydroxyl groups excluding tert-OH is 1. The zero-order valence-electron chi connectivity index (χ0n) is 10.2. The maximum atomic E-state index is 12.1. The van der Waals surface area contributed by atoms with Gasteiger partial charge in [-0.25, -0.2) is 8.42 Å². The number of alkyl halides is 1. The topological polar surface area (TPSA) is 54.4 Å². The van der Waals surface area contributed by atoms with E-state index in [9.17, 15) is 13.5 Å². The van der Waals surface area contributed by atoms with E-state index in [0.29, 0.717) is 10.6 Å². The zero-order valence-corrected chi connectivity index (χ0v) is 13.4. The summed E-state index contributed by atoms with van der Waals surface area (Å²) < 4.78 is 22.8. The van der Waals surface area contributed by atoms with Crippen molar-refractivity contribution in [2.24, 2.45) is 0 Å². The van der Waals surface area contributed by atoms with Crippen LogP contribution >= 0.6 is 27.5 Å². The van der Waals surface area contributed by atoms with Crippen LogP contribution in [0.2, 0.25) is 5.02 Å². The Balaban J connectivity index is 3.26. The van der Waals surface area contributed by atoms with Crippen LogP contribution in [0, 0.1) is 0 Å². The highest BCUT2D eigenvalue weighted by Gasteiger charge is 2.45. The second kappa shape index (κ2) is 5.90. The lowest BCUT2D eigenvalue weighted by atomic mass is 10.1. The fraction of sp³-hybridized carbons (Fsp3) is 0.500. The molecule has 1 N–H and O–H groups in total. The highest BCUT2D eigenvalue weighted by Crippen LogP contribution is 2.42. The molecule has 0 radical (unpaired) electrons. The van der Waals surface area contributed by atoms with Gasteiger partial charge in [0.1, 0.15) is 6.10 Å². The predicted molar refractivity (Wildman–Crippen MR) is 77.8 cm³/mol. The molecule has 18 heavy (non-hydrogen) atoms. The molecule has 1 aromatic rings. The number of hydrogen-bond donors (Lipinski definition) is 1. The van der Waals surface area contributed by atoms with Crippen LogP contribution in [0.1, 0.15) is 31.9 Å². The Labute approximate surface area is 121 Å². The van der Waals surface area contributed by atoms with Gasteiger partial charge in [-0.3, -0.25) is 0 Å². The first kappa shape index (κ1) is 16.0. The summed E-state index contributed by atoms with van der Waals surface area (Å²) in [6.07, 6.45) is -0.900. The standard InChI is InChI=1S/C12H16BrClO3S/c1-3-12(13,18(16,17)4-2)11(15)9-6-5-7-10(14)8-9/h5-8,11,15H,3-4H2,1-2H3/t11-,12+/m1/s1.